The second-order valence-electron chi connectivity index (χ2n) is 5.47. The zero-order valence-electron chi connectivity index (χ0n) is 12.5. The molecule has 0 radical (unpaired) electrons. The van der Waals surface area contributed by atoms with Gasteiger partial charge in [-0.3, -0.25) is 14.5 Å². The lowest BCUT2D eigenvalue weighted by atomic mass is 10.2. The van der Waals surface area contributed by atoms with Crippen molar-refractivity contribution in [2.24, 2.45) is 0 Å². The predicted octanol–water partition coefficient (Wildman–Crippen LogP) is 0.867. The van der Waals surface area contributed by atoms with E-state index in [2.05, 4.69) is 15.1 Å². The Morgan fingerprint density at radius 1 is 1.13 bits per heavy atom. The molecule has 1 N–H and O–H groups in total. The zero-order chi connectivity index (χ0) is 16.2. The Morgan fingerprint density at radius 2 is 1.87 bits per heavy atom. The third kappa shape index (κ3) is 3.62. The van der Waals surface area contributed by atoms with Gasteiger partial charge >= 0.3 is 0 Å². The monoisotopic (exact) mass is 316 g/mol. The molecule has 0 saturated carbocycles. The molecule has 0 unspecified atom stereocenters. The van der Waals surface area contributed by atoms with Gasteiger partial charge in [0.05, 0.1) is 0 Å². The number of nitrogens with one attached hydrogen (secondary N) is 1. The summed E-state index contributed by atoms with van der Waals surface area (Å²) in [4.78, 5) is 27.1. The van der Waals surface area contributed by atoms with Gasteiger partial charge in [0.15, 0.2) is 0 Å². The SMILES string of the molecule is O=C(c1ccc(=O)[nH]n1)N1CCN(Cc2ccccc2F)CC1. The molecule has 0 atom stereocenters. The largest absolute Gasteiger partial charge is 0.335 e. The van der Waals surface area contributed by atoms with Gasteiger partial charge < -0.3 is 4.90 Å². The fourth-order valence-corrected chi connectivity index (χ4v) is 2.60. The second-order valence-corrected chi connectivity index (χ2v) is 5.47. The maximum Gasteiger partial charge on any atom is 0.274 e. The van der Waals surface area contributed by atoms with Gasteiger partial charge in [-0.1, -0.05) is 18.2 Å². The van der Waals surface area contributed by atoms with Gasteiger partial charge in [0, 0.05) is 44.4 Å². The highest BCUT2D eigenvalue weighted by Gasteiger charge is 2.23. The third-order valence-corrected chi connectivity index (χ3v) is 3.91. The Bertz CT molecular complexity index is 733. The summed E-state index contributed by atoms with van der Waals surface area (Å²) in [6.07, 6.45) is 0. The smallest absolute Gasteiger partial charge is 0.274 e. The molecule has 1 fully saturated rings. The van der Waals surface area contributed by atoms with Crippen molar-refractivity contribution in [3.8, 4) is 0 Å². The Balaban J connectivity index is 1.58. The van der Waals surface area contributed by atoms with Gasteiger partial charge in [-0.2, -0.15) is 5.10 Å². The van der Waals surface area contributed by atoms with Crippen LogP contribution in [-0.2, 0) is 6.54 Å². The van der Waals surface area contributed by atoms with Crippen LogP contribution in [0.25, 0.3) is 0 Å². The number of hydrogen-bond acceptors (Lipinski definition) is 4. The number of H-pyrrole nitrogens is 1. The van der Waals surface area contributed by atoms with Crippen LogP contribution in [-0.4, -0.2) is 52.1 Å². The first-order valence-electron chi connectivity index (χ1n) is 7.44. The van der Waals surface area contributed by atoms with Crippen LogP contribution in [0.2, 0.25) is 0 Å². The number of hydrogen-bond donors (Lipinski definition) is 1. The number of carbonyl (C=O) groups excluding carboxylic acids is 1. The first-order chi connectivity index (χ1) is 11.1. The Kier molecular flexibility index (Phi) is 4.47. The molecule has 1 aliphatic rings. The van der Waals surface area contributed by atoms with Crippen LogP contribution in [0, 0.1) is 5.82 Å². The Hall–Kier alpha value is -2.54. The second kappa shape index (κ2) is 6.70. The van der Waals surface area contributed by atoms with E-state index in [1.807, 2.05) is 6.07 Å². The summed E-state index contributed by atoms with van der Waals surface area (Å²) in [5.41, 5.74) is 0.554. The molecule has 1 aliphatic heterocycles. The highest BCUT2D eigenvalue weighted by Crippen LogP contribution is 2.13. The van der Waals surface area contributed by atoms with E-state index in [1.54, 1.807) is 17.0 Å². The third-order valence-electron chi connectivity index (χ3n) is 3.91. The molecular weight excluding hydrogens is 299 g/mol. The summed E-state index contributed by atoms with van der Waals surface area (Å²) in [5.74, 6) is -0.407. The minimum absolute atomic E-state index is 0.202. The Labute approximate surface area is 132 Å². The van der Waals surface area contributed by atoms with Crippen molar-refractivity contribution in [3.05, 3.63) is 63.8 Å². The highest BCUT2D eigenvalue weighted by molar-refractivity contribution is 5.92. The number of piperazine rings is 1. The minimum atomic E-state index is -0.337. The molecule has 23 heavy (non-hydrogen) atoms. The van der Waals surface area contributed by atoms with Crippen LogP contribution < -0.4 is 5.56 Å². The van der Waals surface area contributed by atoms with Crippen molar-refractivity contribution in [3.63, 3.8) is 0 Å². The van der Waals surface area contributed by atoms with Crippen LogP contribution in [0.5, 0.6) is 0 Å². The predicted molar refractivity (Wildman–Crippen MR) is 82.4 cm³/mol. The zero-order valence-corrected chi connectivity index (χ0v) is 12.5. The van der Waals surface area contributed by atoms with E-state index in [1.165, 1.54) is 18.2 Å². The fraction of sp³-hybridized carbons (Fsp3) is 0.312. The molecule has 1 aromatic heterocycles. The average Bonchev–Trinajstić information content (AvgIpc) is 2.58. The molecule has 120 valence electrons. The number of halogens is 1. The summed E-state index contributed by atoms with van der Waals surface area (Å²) < 4.78 is 13.7. The van der Waals surface area contributed by atoms with Crippen molar-refractivity contribution in [2.75, 3.05) is 26.2 Å². The summed E-state index contributed by atoms with van der Waals surface area (Å²) >= 11 is 0. The van der Waals surface area contributed by atoms with Crippen molar-refractivity contribution in [1.82, 2.24) is 20.0 Å². The number of benzene rings is 1. The van der Waals surface area contributed by atoms with Crippen molar-refractivity contribution >= 4 is 5.91 Å². The molecule has 2 aromatic rings. The van der Waals surface area contributed by atoms with E-state index in [4.69, 9.17) is 0 Å². The van der Waals surface area contributed by atoms with Gasteiger partial charge in [-0.25, -0.2) is 9.49 Å². The molecular formula is C16H17FN4O2. The summed E-state index contributed by atoms with van der Waals surface area (Å²) in [6.45, 7) is 2.97. The Morgan fingerprint density at radius 3 is 2.52 bits per heavy atom. The van der Waals surface area contributed by atoms with Gasteiger partial charge in [0.25, 0.3) is 11.5 Å². The van der Waals surface area contributed by atoms with Gasteiger partial charge in [-0.05, 0) is 12.1 Å². The number of aromatic amines is 1. The number of aromatic nitrogens is 2. The fourth-order valence-electron chi connectivity index (χ4n) is 2.60. The summed E-state index contributed by atoms with van der Waals surface area (Å²) in [6, 6.07) is 9.43. The van der Waals surface area contributed by atoms with Crippen LogP contribution in [0.3, 0.4) is 0 Å². The van der Waals surface area contributed by atoms with Crippen LogP contribution >= 0.6 is 0 Å². The standard InChI is InChI=1S/C16H17FN4O2/c17-13-4-2-1-3-12(13)11-20-7-9-21(10-8-20)16(23)14-5-6-15(22)19-18-14/h1-6H,7-11H2,(H,19,22). The van der Waals surface area contributed by atoms with Gasteiger partial charge in [0.2, 0.25) is 0 Å². The van der Waals surface area contributed by atoms with E-state index in [0.29, 0.717) is 38.3 Å². The van der Waals surface area contributed by atoms with Crippen molar-refractivity contribution in [1.29, 1.82) is 0 Å². The van der Waals surface area contributed by atoms with Gasteiger partial charge in [-0.15, -0.1) is 0 Å². The number of nitrogens with zero attached hydrogens (tertiary/aromatic N) is 3. The number of carbonyl (C=O) groups is 1. The molecule has 7 heteroatoms. The first-order valence-corrected chi connectivity index (χ1v) is 7.44. The lowest BCUT2D eigenvalue weighted by Gasteiger charge is -2.34. The molecule has 3 rings (SSSR count). The number of amides is 1. The molecule has 0 spiro atoms. The van der Waals surface area contributed by atoms with E-state index in [9.17, 15) is 14.0 Å². The summed E-state index contributed by atoms with van der Waals surface area (Å²) in [7, 11) is 0. The summed E-state index contributed by atoms with van der Waals surface area (Å²) in [5, 5.41) is 6.02. The van der Waals surface area contributed by atoms with E-state index >= 15 is 0 Å². The van der Waals surface area contributed by atoms with E-state index in [-0.39, 0.29) is 23.0 Å². The average molecular weight is 316 g/mol. The van der Waals surface area contributed by atoms with Crippen molar-refractivity contribution in [2.45, 2.75) is 6.54 Å². The number of rotatable bonds is 3. The molecule has 0 bridgehead atoms. The van der Waals surface area contributed by atoms with E-state index in [0.717, 1.165) is 0 Å². The van der Waals surface area contributed by atoms with E-state index < -0.39 is 0 Å². The lowest BCUT2D eigenvalue weighted by Crippen LogP contribution is -2.48. The lowest BCUT2D eigenvalue weighted by molar-refractivity contribution is 0.0620. The maximum absolute atomic E-state index is 13.7. The normalized spacial score (nSPS) is 15.6. The highest BCUT2D eigenvalue weighted by atomic mass is 19.1. The van der Waals surface area contributed by atoms with Crippen LogP contribution in [0.1, 0.15) is 16.1 Å². The van der Waals surface area contributed by atoms with Crippen LogP contribution in [0.4, 0.5) is 4.39 Å². The van der Waals surface area contributed by atoms with Gasteiger partial charge in [0.1, 0.15) is 11.5 Å². The minimum Gasteiger partial charge on any atom is -0.335 e. The molecule has 0 aliphatic carbocycles. The topological polar surface area (TPSA) is 69.3 Å². The molecule has 6 nitrogen and oxygen atoms in total. The molecule has 1 amide bonds. The molecule has 1 aromatic carbocycles. The first kappa shape index (κ1) is 15.4. The molecule has 1 saturated heterocycles. The maximum atomic E-state index is 13.7. The van der Waals surface area contributed by atoms with Crippen molar-refractivity contribution < 1.29 is 9.18 Å². The van der Waals surface area contributed by atoms with Crippen LogP contribution in [0.15, 0.2) is 41.2 Å². The quantitative estimate of drug-likeness (QED) is 0.912. The molecule has 2 heterocycles.